The smallest absolute Gasteiger partial charge is 0.177 e. The molecule has 254 valence electrons. The highest BCUT2D eigenvalue weighted by atomic mass is 15.3. The third-order valence-corrected chi connectivity index (χ3v) is 7.80. The molecule has 5 rings (SSSR count). The minimum absolute atomic E-state index is 0.0112. The highest BCUT2D eigenvalue weighted by molar-refractivity contribution is 5.49. The van der Waals surface area contributed by atoms with E-state index < -0.39 is 0 Å². The van der Waals surface area contributed by atoms with Gasteiger partial charge in [-0.1, -0.05) is 62.3 Å². The van der Waals surface area contributed by atoms with Crippen LogP contribution in [0.2, 0.25) is 0 Å². The van der Waals surface area contributed by atoms with Crippen molar-refractivity contribution in [3.63, 3.8) is 0 Å². The summed E-state index contributed by atoms with van der Waals surface area (Å²) in [5.41, 5.74) is 2.47. The lowest BCUT2D eigenvalue weighted by Gasteiger charge is -2.23. The number of hydrogen-bond acceptors (Lipinski definition) is 6. The maximum Gasteiger partial charge on any atom is 0.177 e. The molecule has 0 bridgehead atoms. The summed E-state index contributed by atoms with van der Waals surface area (Å²) in [4.78, 5) is 17.7. The van der Waals surface area contributed by atoms with Crippen molar-refractivity contribution in [2.75, 3.05) is 0 Å². The van der Waals surface area contributed by atoms with E-state index in [9.17, 15) is 0 Å². The molecular formula is C37H61N9. The first-order valence-electron chi connectivity index (χ1n) is 17.0. The van der Waals surface area contributed by atoms with Gasteiger partial charge in [-0.2, -0.15) is 0 Å². The zero-order valence-corrected chi connectivity index (χ0v) is 31.6. The summed E-state index contributed by atoms with van der Waals surface area (Å²) in [5.74, 6) is 5.99. The standard InChI is InChI=1S/C14H20N4.C12H21N3.C11H20N2/c1-10(2)18-11(12-15-7-6-8-16-12)9-17-13(18)14(3,4)5;1-8(2)15-10(9-6-7-9)13-14-11(15)12(3,4)5;1-8(2)13-9(3)7-12-10(13)11(4,5)6/h6-10H,1-5H3;8-9H,6-7H2,1-5H3;7-8H,1-6H3. The normalized spacial score (nSPS) is 14.0. The van der Waals surface area contributed by atoms with E-state index in [0.717, 1.165) is 23.2 Å². The van der Waals surface area contributed by atoms with Crippen LogP contribution in [0.15, 0.2) is 30.9 Å². The molecule has 4 aromatic heterocycles. The fraction of sp³-hybridized carbons (Fsp3) is 0.676. The lowest BCUT2D eigenvalue weighted by Crippen LogP contribution is -2.21. The Bertz CT molecular complexity index is 1530. The van der Waals surface area contributed by atoms with Crippen molar-refractivity contribution in [3.8, 4) is 11.5 Å². The highest BCUT2D eigenvalue weighted by Crippen LogP contribution is 2.41. The second kappa shape index (κ2) is 14.2. The molecule has 0 unspecified atom stereocenters. The molecule has 0 N–H and O–H groups in total. The molecule has 1 aliphatic carbocycles. The number of aromatic nitrogens is 9. The van der Waals surface area contributed by atoms with Gasteiger partial charge in [-0.15, -0.1) is 10.2 Å². The average Bonchev–Trinajstić information content (AvgIpc) is 3.33. The van der Waals surface area contributed by atoms with E-state index in [1.807, 2.05) is 18.5 Å². The Morgan fingerprint density at radius 3 is 1.46 bits per heavy atom. The highest BCUT2D eigenvalue weighted by Gasteiger charge is 2.33. The van der Waals surface area contributed by atoms with Crippen molar-refractivity contribution >= 4 is 0 Å². The largest absolute Gasteiger partial charge is 0.329 e. The molecule has 4 heterocycles. The number of nitrogens with zero attached hydrogens (tertiary/aromatic N) is 9. The summed E-state index contributed by atoms with van der Waals surface area (Å²) in [5, 5.41) is 8.76. The van der Waals surface area contributed by atoms with Gasteiger partial charge in [0.15, 0.2) is 5.82 Å². The van der Waals surface area contributed by atoms with Crippen molar-refractivity contribution in [3.05, 3.63) is 59.8 Å². The van der Waals surface area contributed by atoms with E-state index >= 15 is 0 Å². The molecule has 1 aliphatic rings. The zero-order chi connectivity index (χ0) is 34.8. The van der Waals surface area contributed by atoms with E-state index in [0.29, 0.717) is 24.0 Å². The van der Waals surface area contributed by atoms with E-state index in [2.05, 4.69) is 155 Å². The molecule has 0 spiro atoms. The van der Waals surface area contributed by atoms with E-state index in [1.165, 1.54) is 30.2 Å². The van der Waals surface area contributed by atoms with Gasteiger partial charge in [0, 0.05) is 64.6 Å². The molecule has 0 aliphatic heterocycles. The molecule has 4 aromatic rings. The third kappa shape index (κ3) is 8.91. The molecule has 0 radical (unpaired) electrons. The lowest BCUT2D eigenvalue weighted by atomic mass is 9.95. The zero-order valence-electron chi connectivity index (χ0n) is 31.6. The van der Waals surface area contributed by atoms with Gasteiger partial charge in [-0.25, -0.2) is 19.9 Å². The maximum absolute atomic E-state index is 4.57. The Morgan fingerprint density at radius 1 is 0.587 bits per heavy atom. The number of rotatable bonds is 5. The Hall–Kier alpha value is -3.36. The van der Waals surface area contributed by atoms with Gasteiger partial charge in [0.25, 0.3) is 0 Å². The molecule has 9 nitrogen and oxygen atoms in total. The predicted octanol–water partition coefficient (Wildman–Crippen LogP) is 9.32. The van der Waals surface area contributed by atoms with Crippen LogP contribution in [-0.2, 0) is 16.2 Å². The molecule has 0 aromatic carbocycles. The summed E-state index contributed by atoms with van der Waals surface area (Å²) in [6, 6.07) is 3.12. The monoisotopic (exact) mass is 632 g/mol. The Kier molecular flexibility index (Phi) is 11.4. The third-order valence-electron chi connectivity index (χ3n) is 7.80. The second-order valence-electron chi connectivity index (χ2n) is 16.6. The fourth-order valence-corrected chi connectivity index (χ4v) is 5.63. The van der Waals surface area contributed by atoms with Crippen molar-refractivity contribution in [1.29, 1.82) is 0 Å². The molecular weight excluding hydrogens is 570 g/mol. The summed E-state index contributed by atoms with van der Waals surface area (Å²) in [6.07, 6.45) is 9.92. The Balaban J connectivity index is 0.000000191. The minimum atomic E-state index is 0.0112. The first kappa shape index (κ1) is 37.1. The van der Waals surface area contributed by atoms with Gasteiger partial charge >= 0.3 is 0 Å². The van der Waals surface area contributed by atoms with Crippen LogP contribution in [0.3, 0.4) is 0 Å². The summed E-state index contributed by atoms with van der Waals surface area (Å²) in [7, 11) is 0. The van der Waals surface area contributed by atoms with Gasteiger partial charge in [0.05, 0.1) is 6.20 Å². The van der Waals surface area contributed by atoms with Crippen LogP contribution in [0.25, 0.3) is 11.5 Å². The van der Waals surface area contributed by atoms with E-state index in [4.69, 9.17) is 0 Å². The van der Waals surface area contributed by atoms with Crippen molar-refractivity contribution in [2.45, 2.75) is 164 Å². The van der Waals surface area contributed by atoms with Crippen molar-refractivity contribution < 1.29 is 0 Å². The molecule has 0 atom stereocenters. The molecule has 1 saturated carbocycles. The Morgan fingerprint density at radius 2 is 1.04 bits per heavy atom. The van der Waals surface area contributed by atoms with Crippen LogP contribution in [0, 0.1) is 6.92 Å². The average molecular weight is 632 g/mol. The number of aryl methyl sites for hydroxylation is 1. The minimum Gasteiger partial charge on any atom is -0.329 e. The van der Waals surface area contributed by atoms with Crippen LogP contribution in [0.4, 0.5) is 0 Å². The SMILES string of the molecule is CC(C)n1c(-c2ncccn2)cnc1C(C)(C)C.CC(C)n1c(C2CC2)nnc1C(C)(C)C.Cc1cnc(C(C)(C)C)n1C(C)C. The molecule has 0 saturated heterocycles. The van der Waals surface area contributed by atoms with Gasteiger partial charge in [0.2, 0.25) is 0 Å². The molecule has 46 heavy (non-hydrogen) atoms. The molecule has 0 amide bonds. The quantitative estimate of drug-likeness (QED) is 0.218. The van der Waals surface area contributed by atoms with Crippen LogP contribution in [0.1, 0.15) is 170 Å². The first-order chi connectivity index (χ1) is 21.2. The van der Waals surface area contributed by atoms with Crippen LogP contribution < -0.4 is 0 Å². The summed E-state index contributed by atoms with van der Waals surface area (Å²) in [6.45, 7) is 35.0. The van der Waals surface area contributed by atoms with E-state index in [-0.39, 0.29) is 16.2 Å². The van der Waals surface area contributed by atoms with E-state index in [1.54, 1.807) is 12.4 Å². The summed E-state index contributed by atoms with van der Waals surface area (Å²) < 4.78 is 6.85. The Labute approximate surface area is 278 Å². The predicted molar refractivity (Wildman–Crippen MR) is 189 cm³/mol. The van der Waals surface area contributed by atoms with Gasteiger partial charge in [0.1, 0.15) is 29.0 Å². The van der Waals surface area contributed by atoms with Crippen molar-refractivity contribution in [1.82, 2.24) is 43.8 Å². The maximum atomic E-state index is 4.57. The van der Waals surface area contributed by atoms with Gasteiger partial charge in [-0.05, 0) is 67.4 Å². The van der Waals surface area contributed by atoms with Crippen LogP contribution in [0.5, 0.6) is 0 Å². The summed E-state index contributed by atoms with van der Waals surface area (Å²) >= 11 is 0. The topological polar surface area (TPSA) is 92.1 Å². The van der Waals surface area contributed by atoms with Crippen LogP contribution in [-0.4, -0.2) is 43.8 Å². The fourth-order valence-electron chi connectivity index (χ4n) is 5.63. The first-order valence-corrected chi connectivity index (χ1v) is 17.0. The van der Waals surface area contributed by atoms with Gasteiger partial charge in [-0.3, -0.25) is 0 Å². The van der Waals surface area contributed by atoms with Gasteiger partial charge < -0.3 is 13.7 Å². The number of imidazole rings is 2. The second-order valence-corrected chi connectivity index (χ2v) is 16.6. The lowest BCUT2D eigenvalue weighted by molar-refractivity contribution is 0.460. The molecule has 1 fully saturated rings. The molecule has 9 heteroatoms. The van der Waals surface area contributed by atoms with Crippen molar-refractivity contribution in [2.24, 2.45) is 0 Å². The van der Waals surface area contributed by atoms with Crippen LogP contribution >= 0.6 is 0 Å². The number of hydrogen-bond donors (Lipinski definition) is 0.